The molecule has 1 unspecified atom stereocenters. The van der Waals surface area contributed by atoms with Crippen LogP contribution < -0.4 is 4.74 Å². The van der Waals surface area contributed by atoms with Crippen molar-refractivity contribution in [1.82, 2.24) is 4.98 Å². The molecule has 0 bridgehead atoms. The van der Waals surface area contributed by atoms with Gasteiger partial charge in [0.25, 0.3) is 5.92 Å². The molecule has 0 spiro atoms. The van der Waals surface area contributed by atoms with Crippen molar-refractivity contribution in [2.24, 2.45) is 0 Å². The first kappa shape index (κ1) is 19.2. The maximum Gasteiger partial charge on any atom is 0.270 e. The number of halogens is 2. The molecule has 0 amide bonds. The molecule has 1 aliphatic heterocycles. The number of alkyl halides is 2. The van der Waals surface area contributed by atoms with Crippen molar-refractivity contribution in [2.45, 2.75) is 32.1 Å². The number of hydrogen-bond acceptors (Lipinski definition) is 3. The molecular formula is C24H21F2NO2. The number of hydrogen-bond donors (Lipinski definition) is 0. The zero-order chi connectivity index (χ0) is 20.6. The lowest BCUT2D eigenvalue weighted by Crippen LogP contribution is -2.15. The van der Waals surface area contributed by atoms with Crippen LogP contribution in [0.15, 0.2) is 60.7 Å². The second-order valence-electron chi connectivity index (χ2n) is 7.42. The molecule has 1 aliphatic rings. The summed E-state index contributed by atoms with van der Waals surface area (Å²) in [6.07, 6.45) is 0.784. The van der Waals surface area contributed by atoms with E-state index in [0.29, 0.717) is 18.0 Å². The summed E-state index contributed by atoms with van der Waals surface area (Å²) in [6, 6.07) is 17.8. The fraction of sp³-hybridized carbons (Fsp3) is 0.250. The zero-order valence-corrected chi connectivity index (χ0v) is 16.3. The molecular weight excluding hydrogens is 372 g/mol. The number of benzene rings is 2. The second-order valence-corrected chi connectivity index (χ2v) is 7.42. The third-order valence-corrected chi connectivity index (χ3v) is 5.28. The average Bonchev–Trinajstić information content (AvgIpc) is 2.72. The van der Waals surface area contributed by atoms with Crippen LogP contribution in [0, 0.1) is 0 Å². The number of carbonyl (C=O) groups excluding carboxylic acids is 1. The van der Waals surface area contributed by atoms with Gasteiger partial charge in [-0.15, -0.1) is 0 Å². The Kier molecular flexibility index (Phi) is 4.91. The maximum absolute atomic E-state index is 13.5. The van der Waals surface area contributed by atoms with Gasteiger partial charge < -0.3 is 4.74 Å². The Labute approximate surface area is 168 Å². The van der Waals surface area contributed by atoms with E-state index in [1.165, 1.54) is 19.1 Å². The minimum atomic E-state index is -2.84. The van der Waals surface area contributed by atoms with Gasteiger partial charge in [-0.3, -0.25) is 4.79 Å². The summed E-state index contributed by atoms with van der Waals surface area (Å²) < 4.78 is 32.9. The van der Waals surface area contributed by atoms with Gasteiger partial charge in [-0.25, -0.2) is 13.8 Å². The molecule has 0 aliphatic carbocycles. The van der Waals surface area contributed by atoms with Crippen LogP contribution in [-0.4, -0.2) is 17.4 Å². The van der Waals surface area contributed by atoms with Crippen LogP contribution in [-0.2, 0) is 5.92 Å². The molecule has 0 N–H and O–H groups in total. The van der Waals surface area contributed by atoms with E-state index in [9.17, 15) is 13.6 Å². The smallest absolute Gasteiger partial charge is 0.270 e. The summed E-state index contributed by atoms with van der Waals surface area (Å²) in [7, 11) is 0. The van der Waals surface area contributed by atoms with Crippen LogP contribution in [0.4, 0.5) is 8.78 Å². The van der Waals surface area contributed by atoms with Crippen molar-refractivity contribution in [3.8, 4) is 17.0 Å². The number of nitrogens with zero attached hydrogens (tertiary/aromatic N) is 1. The predicted octanol–water partition coefficient (Wildman–Crippen LogP) is 5.98. The molecule has 0 saturated heterocycles. The maximum atomic E-state index is 13.5. The van der Waals surface area contributed by atoms with Crippen LogP contribution in [0.3, 0.4) is 0 Å². The molecule has 2 heterocycles. The van der Waals surface area contributed by atoms with Crippen molar-refractivity contribution in [3.05, 3.63) is 83.0 Å². The fourth-order valence-electron chi connectivity index (χ4n) is 3.69. The Morgan fingerprint density at radius 3 is 2.55 bits per heavy atom. The molecule has 29 heavy (non-hydrogen) atoms. The summed E-state index contributed by atoms with van der Waals surface area (Å²) in [6.45, 7) is 2.95. The van der Waals surface area contributed by atoms with E-state index in [4.69, 9.17) is 4.74 Å². The van der Waals surface area contributed by atoms with Gasteiger partial charge in [0.05, 0.1) is 12.3 Å². The molecule has 1 atom stereocenters. The fourth-order valence-corrected chi connectivity index (χ4v) is 3.69. The van der Waals surface area contributed by atoms with Gasteiger partial charge in [0, 0.05) is 36.5 Å². The van der Waals surface area contributed by atoms with Crippen LogP contribution in [0.2, 0.25) is 0 Å². The van der Waals surface area contributed by atoms with Crippen LogP contribution >= 0.6 is 0 Å². The Morgan fingerprint density at radius 2 is 1.86 bits per heavy atom. The molecule has 0 saturated carbocycles. The Balaban J connectivity index is 1.67. The molecule has 0 radical (unpaired) electrons. The van der Waals surface area contributed by atoms with Gasteiger partial charge in [0.15, 0.2) is 5.78 Å². The Bertz CT molecular complexity index is 1060. The van der Waals surface area contributed by atoms with Crippen LogP contribution in [0.1, 0.15) is 53.4 Å². The molecule has 3 aromatic rings. The van der Waals surface area contributed by atoms with Crippen molar-refractivity contribution >= 4 is 5.78 Å². The van der Waals surface area contributed by atoms with E-state index in [-0.39, 0.29) is 17.3 Å². The van der Waals surface area contributed by atoms with Crippen molar-refractivity contribution < 1.29 is 18.3 Å². The molecule has 148 valence electrons. The highest BCUT2D eigenvalue weighted by Crippen LogP contribution is 2.40. The number of pyridine rings is 1. The first-order chi connectivity index (χ1) is 13.8. The number of carbonyl (C=O) groups is 1. The molecule has 2 aromatic carbocycles. The van der Waals surface area contributed by atoms with Crippen molar-refractivity contribution in [1.29, 1.82) is 0 Å². The highest BCUT2D eigenvalue weighted by Gasteiger charge is 2.27. The largest absolute Gasteiger partial charge is 0.493 e. The summed E-state index contributed by atoms with van der Waals surface area (Å²) in [5.41, 5.74) is 4.03. The predicted molar refractivity (Wildman–Crippen MR) is 108 cm³/mol. The molecule has 3 nitrogen and oxygen atoms in total. The second kappa shape index (κ2) is 7.39. The highest BCUT2D eigenvalue weighted by molar-refractivity contribution is 5.92. The molecule has 4 rings (SSSR count). The number of fused-ring (bicyclic) bond motifs is 1. The quantitative estimate of drug-likeness (QED) is 0.512. The SMILES string of the molecule is CC(=O)c1cccc(-c2ccc3c(c2)OCCC3c2ccc(C(C)(F)F)cc2)n1. The van der Waals surface area contributed by atoms with Crippen LogP contribution in [0.5, 0.6) is 5.75 Å². The van der Waals surface area contributed by atoms with E-state index >= 15 is 0 Å². The van der Waals surface area contributed by atoms with Gasteiger partial charge in [-0.05, 0) is 30.2 Å². The van der Waals surface area contributed by atoms with E-state index in [1.54, 1.807) is 18.2 Å². The zero-order valence-electron chi connectivity index (χ0n) is 16.3. The monoisotopic (exact) mass is 393 g/mol. The summed E-state index contributed by atoms with van der Waals surface area (Å²) in [5, 5.41) is 0. The first-order valence-electron chi connectivity index (χ1n) is 9.56. The van der Waals surface area contributed by atoms with Crippen molar-refractivity contribution in [2.75, 3.05) is 6.61 Å². The standard InChI is InChI=1S/C24H21F2NO2/c1-15(28)21-4-3-5-22(27-21)17-8-11-20-19(12-13-29-23(20)14-17)16-6-9-18(10-7-16)24(2,25)26/h3-11,14,19H,12-13H2,1-2H3. The topological polar surface area (TPSA) is 39.2 Å². The number of ketones is 1. The highest BCUT2D eigenvalue weighted by atomic mass is 19.3. The molecule has 0 fully saturated rings. The van der Waals surface area contributed by atoms with Crippen molar-refractivity contribution in [3.63, 3.8) is 0 Å². The Hall–Kier alpha value is -3.08. The molecule has 5 heteroatoms. The van der Waals surface area contributed by atoms with Gasteiger partial charge in [-0.2, -0.15) is 0 Å². The van der Waals surface area contributed by atoms with Gasteiger partial charge in [0.2, 0.25) is 0 Å². The Morgan fingerprint density at radius 1 is 1.10 bits per heavy atom. The van der Waals surface area contributed by atoms with Gasteiger partial charge in [0.1, 0.15) is 11.4 Å². The summed E-state index contributed by atoms with van der Waals surface area (Å²) in [4.78, 5) is 16.0. The lowest BCUT2D eigenvalue weighted by molar-refractivity contribution is 0.0174. The first-order valence-corrected chi connectivity index (χ1v) is 9.56. The third-order valence-electron chi connectivity index (χ3n) is 5.28. The summed E-state index contributed by atoms with van der Waals surface area (Å²) >= 11 is 0. The van der Waals surface area contributed by atoms with E-state index in [0.717, 1.165) is 35.8 Å². The van der Waals surface area contributed by atoms with E-state index in [2.05, 4.69) is 4.98 Å². The van der Waals surface area contributed by atoms with E-state index < -0.39 is 5.92 Å². The normalized spacial score (nSPS) is 16.1. The summed E-state index contributed by atoms with van der Waals surface area (Å²) in [5.74, 6) is -2.08. The number of rotatable bonds is 4. The lowest BCUT2D eigenvalue weighted by atomic mass is 9.85. The number of Topliss-reactive ketones (excluding diaryl/α,β-unsaturated/α-hetero) is 1. The minimum absolute atomic E-state index is 0.0142. The third kappa shape index (κ3) is 3.90. The van der Waals surface area contributed by atoms with Gasteiger partial charge in [-0.1, -0.05) is 42.5 Å². The number of ether oxygens (including phenoxy) is 1. The van der Waals surface area contributed by atoms with Crippen LogP contribution in [0.25, 0.3) is 11.3 Å². The van der Waals surface area contributed by atoms with Gasteiger partial charge >= 0.3 is 0 Å². The minimum Gasteiger partial charge on any atom is -0.493 e. The van der Waals surface area contributed by atoms with E-state index in [1.807, 2.05) is 30.3 Å². The number of aromatic nitrogens is 1. The average molecular weight is 393 g/mol. The molecule has 1 aromatic heterocycles. The lowest BCUT2D eigenvalue weighted by Gasteiger charge is -2.27.